The van der Waals surface area contributed by atoms with E-state index in [4.69, 9.17) is 14.2 Å². The van der Waals surface area contributed by atoms with Crippen LogP contribution in [0, 0.1) is 0 Å². The summed E-state index contributed by atoms with van der Waals surface area (Å²) in [5.41, 5.74) is -1.67. The highest BCUT2D eigenvalue weighted by Crippen LogP contribution is 2.23. The first kappa shape index (κ1) is 39.5. The van der Waals surface area contributed by atoms with Gasteiger partial charge < -0.3 is 30.2 Å². The molecule has 0 fully saturated rings. The number of ether oxygens (including phenoxy) is 3. The molecule has 0 atom stereocenters. The minimum Gasteiger partial charge on any atom is -0.460 e. The third-order valence-electron chi connectivity index (χ3n) is 7.36. The van der Waals surface area contributed by atoms with E-state index in [0.29, 0.717) is 0 Å². The summed E-state index contributed by atoms with van der Waals surface area (Å²) >= 11 is 0. The van der Waals surface area contributed by atoms with Gasteiger partial charge in [0.2, 0.25) is 0 Å². The van der Waals surface area contributed by atoms with Crippen molar-refractivity contribution in [3.63, 3.8) is 0 Å². The topological polar surface area (TPSA) is 217 Å². The predicted octanol–water partition coefficient (Wildman–Crippen LogP) is 4.68. The van der Waals surface area contributed by atoms with Crippen LogP contribution in [-0.4, -0.2) is 72.8 Å². The second kappa shape index (κ2) is 18.3. The molecule has 0 aliphatic rings. The number of rotatable bonds is 15. The molecule has 4 aromatic rings. The highest BCUT2D eigenvalue weighted by Gasteiger charge is 2.26. The zero-order valence-electron chi connectivity index (χ0n) is 29.2. The predicted molar refractivity (Wildman–Crippen MR) is 193 cm³/mol. The Kier molecular flexibility index (Phi) is 13.4. The quantitative estimate of drug-likeness (QED) is 0.0656. The van der Waals surface area contributed by atoms with Crippen LogP contribution < -0.4 is 16.0 Å². The molecule has 54 heavy (non-hydrogen) atoms. The van der Waals surface area contributed by atoms with Crippen LogP contribution in [0.3, 0.4) is 0 Å². The van der Waals surface area contributed by atoms with Gasteiger partial charge in [-0.05, 0) is 75.4 Å². The van der Waals surface area contributed by atoms with Gasteiger partial charge in [-0.3, -0.25) is 28.8 Å². The van der Waals surface area contributed by atoms with Gasteiger partial charge in [0.1, 0.15) is 0 Å². The second-order valence-electron chi connectivity index (χ2n) is 10.9. The summed E-state index contributed by atoms with van der Waals surface area (Å²) in [6.45, 7) is 4.35. The maximum absolute atomic E-state index is 13.7. The van der Waals surface area contributed by atoms with Gasteiger partial charge in [0.15, 0.2) is 0 Å². The van der Waals surface area contributed by atoms with Crippen molar-refractivity contribution in [3.05, 3.63) is 124 Å². The number of anilines is 3. The van der Waals surface area contributed by atoms with Crippen molar-refractivity contribution in [1.29, 1.82) is 0 Å². The molecule has 0 aliphatic heterocycles. The van der Waals surface area contributed by atoms with Crippen molar-refractivity contribution in [2.24, 2.45) is 0 Å². The number of Topliss-reactive ketones (excluding diaryl/α,β-unsaturated/α-hetero) is 3. The summed E-state index contributed by atoms with van der Waals surface area (Å²) in [5, 5.41) is 7.53. The van der Waals surface area contributed by atoms with Crippen molar-refractivity contribution < 1.29 is 57.4 Å². The average molecular weight is 736 g/mol. The minimum absolute atomic E-state index is 0.0677. The van der Waals surface area contributed by atoms with E-state index in [-0.39, 0.29) is 70.3 Å². The van der Waals surface area contributed by atoms with Crippen LogP contribution >= 0.6 is 0 Å². The van der Waals surface area contributed by atoms with E-state index in [1.807, 2.05) is 0 Å². The third kappa shape index (κ3) is 9.52. The van der Waals surface area contributed by atoms with Gasteiger partial charge in [-0.15, -0.1) is 0 Å². The lowest BCUT2D eigenvalue weighted by molar-refractivity contribution is -0.138. The van der Waals surface area contributed by atoms with Crippen LogP contribution in [0.2, 0.25) is 0 Å². The molecule has 0 saturated carbocycles. The molecule has 3 amide bonds. The average Bonchev–Trinajstić information content (AvgIpc) is 3.17. The molecule has 0 bridgehead atoms. The summed E-state index contributed by atoms with van der Waals surface area (Å²) in [7, 11) is 0. The molecule has 4 aromatic carbocycles. The van der Waals surface area contributed by atoms with E-state index in [0.717, 1.165) is 18.2 Å². The summed E-state index contributed by atoms with van der Waals surface area (Å²) in [5.74, 6) is -9.31. The zero-order valence-corrected chi connectivity index (χ0v) is 29.2. The fraction of sp³-hybridized carbons (Fsp3) is 0.154. The van der Waals surface area contributed by atoms with Crippen molar-refractivity contribution in [2.45, 2.75) is 20.8 Å². The van der Waals surface area contributed by atoms with E-state index in [2.05, 4.69) is 16.0 Å². The molecule has 15 heteroatoms. The van der Waals surface area contributed by atoms with Crippen LogP contribution in [0.25, 0.3) is 0 Å². The number of carbonyl (C=O) groups excluding carboxylic acids is 9. The van der Waals surface area contributed by atoms with E-state index in [1.165, 1.54) is 93.6 Å². The monoisotopic (exact) mass is 735 g/mol. The Hall–Kier alpha value is -7.29. The third-order valence-corrected chi connectivity index (χ3v) is 7.36. The number of esters is 3. The highest BCUT2D eigenvalue weighted by molar-refractivity contribution is 6.43. The lowest BCUT2D eigenvalue weighted by Crippen LogP contribution is -2.23. The first-order valence-corrected chi connectivity index (χ1v) is 16.4. The number of nitrogens with one attached hydrogen (secondary N) is 3. The van der Waals surface area contributed by atoms with Gasteiger partial charge in [-0.1, -0.05) is 36.4 Å². The van der Waals surface area contributed by atoms with Gasteiger partial charge >= 0.3 is 17.9 Å². The molecule has 0 aliphatic carbocycles. The molecule has 0 saturated heterocycles. The van der Waals surface area contributed by atoms with E-state index in [9.17, 15) is 43.2 Å². The Balaban J connectivity index is 1.75. The molecule has 3 N–H and O–H groups in total. The van der Waals surface area contributed by atoms with Crippen LogP contribution in [-0.2, 0) is 28.6 Å². The van der Waals surface area contributed by atoms with Gasteiger partial charge in [-0.2, -0.15) is 0 Å². The Bertz CT molecular complexity index is 1920. The molecule has 0 aromatic heterocycles. The molecule has 0 spiro atoms. The summed E-state index contributed by atoms with van der Waals surface area (Å²) in [4.78, 5) is 116. The van der Waals surface area contributed by atoms with Crippen molar-refractivity contribution in [1.82, 2.24) is 0 Å². The Morgan fingerprint density at radius 1 is 0.407 bits per heavy atom. The molecule has 4 rings (SSSR count). The first-order valence-electron chi connectivity index (χ1n) is 16.4. The van der Waals surface area contributed by atoms with Gasteiger partial charge in [-0.25, -0.2) is 14.4 Å². The molecular weight excluding hydrogens is 702 g/mol. The van der Waals surface area contributed by atoms with E-state index < -0.39 is 53.0 Å². The number of para-hydroxylation sites is 3. The number of carbonyl (C=O) groups is 9. The minimum atomic E-state index is -1.15. The van der Waals surface area contributed by atoms with Crippen LogP contribution in [0.4, 0.5) is 17.1 Å². The van der Waals surface area contributed by atoms with Crippen molar-refractivity contribution in [2.75, 3.05) is 35.8 Å². The normalized spacial score (nSPS) is 10.3. The molecule has 0 unspecified atom stereocenters. The summed E-state index contributed by atoms with van der Waals surface area (Å²) < 4.78 is 14.4. The first-order chi connectivity index (χ1) is 25.9. The molecule has 15 nitrogen and oxygen atoms in total. The number of hydrogen-bond acceptors (Lipinski definition) is 12. The largest absolute Gasteiger partial charge is 0.460 e. The van der Waals surface area contributed by atoms with Gasteiger partial charge in [0.05, 0.1) is 53.6 Å². The molecule has 276 valence electrons. The second-order valence-corrected chi connectivity index (χ2v) is 10.9. The SMILES string of the molecule is CCOC(=O)C(=O)c1ccccc1NC(=O)c1cc(C(=O)Nc2ccccc2C(=O)C(=O)OCC)cc(C(=O)Nc2ccccc2C(=O)C(=O)OCC)c1. The summed E-state index contributed by atoms with van der Waals surface area (Å²) in [6.07, 6.45) is 0. The van der Waals surface area contributed by atoms with E-state index in [1.54, 1.807) is 0 Å². The van der Waals surface area contributed by atoms with E-state index >= 15 is 0 Å². The highest BCUT2D eigenvalue weighted by atomic mass is 16.5. The fourth-order valence-electron chi connectivity index (χ4n) is 4.89. The van der Waals surface area contributed by atoms with Crippen molar-refractivity contribution >= 4 is 70.0 Å². The maximum Gasteiger partial charge on any atom is 0.379 e. The Labute approximate surface area is 308 Å². The zero-order chi connectivity index (χ0) is 39.4. The number of ketones is 3. The molecule has 0 heterocycles. The Morgan fingerprint density at radius 3 is 0.889 bits per heavy atom. The van der Waals surface area contributed by atoms with Crippen LogP contribution in [0.15, 0.2) is 91.0 Å². The lowest BCUT2D eigenvalue weighted by Gasteiger charge is -2.14. The lowest BCUT2D eigenvalue weighted by atomic mass is 10.0. The maximum atomic E-state index is 13.7. The number of hydrogen-bond donors (Lipinski definition) is 3. The van der Waals surface area contributed by atoms with Crippen LogP contribution in [0.5, 0.6) is 0 Å². The molecular formula is C39H33N3O12. The van der Waals surface area contributed by atoms with Crippen LogP contribution in [0.1, 0.15) is 82.9 Å². The van der Waals surface area contributed by atoms with Gasteiger partial charge in [0.25, 0.3) is 35.1 Å². The number of amides is 3. The Morgan fingerprint density at radius 2 is 0.648 bits per heavy atom. The fourth-order valence-corrected chi connectivity index (χ4v) is 4.89. The molecule has 0 radical (unpaired) electrons. The van der Waals surface area contributed by atoms with Crippen molar-refractivity contribution in [3.8, 4) is 0 Å². The van der Waals surface area contributed by atoms with Gasteiger partial charge in [0, 0.05) is 16.7 Å². The number of benzene rings is 4. The standard InChI is InChI=1S/C39H33N3O12/c1-4-52-37(49)31(43)25-13-7-10-16-28(25)40-34(46)22-19-23(35(47)41-29-17-11-8-14-26(29)32(44)38(50)53-5-2)21-24(20-22)36(48)42-30-18-12-9-15-27(30)33(45)39(51)54-6-3/h7-21H,4-6H2,1-3H3,(H,40,46)(H,41,47)(H,42,48). The smallest absolute Gasteiger partial charge is 0.379 e. The summed E-state index contributed by atoms with van der Waals surface area (Å²) in [6, 6.07) is 20.1.